The molecule has 0 radical (unpaired) electrons. The summed E-state index contributed by atoms with van der Waals surface area (Å²) in [5.74, 6) is -0.0294. The molecule has 0 atom stereocenters. The molecule has 0 spiro atoms. The van der Waals surface area contributed by atoms with E-state index in [1.165, 1.54) is 6.07 Å². The van der Waals surface area contributed by atoms with Gasteiger partial charge in [-0.15, -0.1) is 0 Å². The first-order valence-corrected chi connectivity index (χ1v) is 7.33. The molecule has 0 saturated carbocycles. The van der Waals surface area contributed by atoms with E-state index < -0.39 is 15.3 Å². The van der Waals surface area contributed by atoms with Gasteiger partial charge < -0.3 is 5.73 Å². The van der Waals surface area contributed by atoms with E-state index in [9.17, 15) is 8.42 Å². The van der Waals surface area contributed by atoms with Gasteiger partial charge in [-0.2, -0.15) is 5.26 Å². The van der Waals surface area contributed by atoms with Gasteiger partial charge in [0, 0.05) is 5.69 Å². The first-order valence-electron chi connectivity index (χ1n) is 5.68. The Morgan fingerprint density at radius 2 is 2.00 bits per heavy atom. The van der Waals surface area contributed by atoms with Crippen molar-refractivity contribution in [3.63, 3.8) is 0 Å². The van der Waals surface area contributed by atoms with Crippen molar-refractivity contribution in [2.45, 2.75) is 32.1 Å². The minimum atomic E-state index is -3.36. The number of nitrogens with two attached hydrogens (primary N) is 1. The molecule has 0 heterocycles. The summed E-state index contributed by atoms with van der Waals surface area (Å²) in [6.07, 6.45) is 0.315. The standard InChI is InChI=1S/C13H18N2O2S/c1-10-8-11(15)4-5-12(10)18(16,17)7-6-13(2,3)9-14/h4-5,8H,6-7,15H2,1-3H3. The molecular weight excluding hydrogens is 248 g/mol. The maximum atomic E-state index is 12.2. The van der Waals surface area contributed by atoms with Crippen LogP contribution in [-0.2, 0) is 9.84 Å². The summed E-state index contributed by atoms with van der Waals surface area (Å²) in [4.78, 5) is 0.297. The van der Waals surface area contributed by atoms with Crippen LogP contribution in [0.15, 0.2) is 23.1 Å². The maximum Gasteiger partial charge on any atom is 0.178 e. The Bertz CT molecular complexity index is 583. The quantitative estimate of drug-likeness (QED) is 0.847. The molecule has 1 rings (SSSR count). The number of nitrogens with zero attached hydrogens (tertiary/aromatic N) is 1. The Balaban J connectivity index is 2.98. The molecule has 0 aliphatic heterocycles. The van der Waals surface area contributed by atoms with Crippen molar-refractivity contribution in [1.29, 1.82) is 5.26 Å². The summed E-state index contributed by atoms with van der Waals surface area (Å²) in [5, 5.41) is 8.89. The number of hydrogen-bond acceptors (Lipinski definition) is 4. The number of benzene rings is 1. The number of rotatable bonds is 4. The fourth-order valence-electron chi connectivity index (χ4n) is 1.58. The molecule has 1 aromatic rings. The lowest BCUT2D eigenvalue weighted by atomic mass is 9.93. The summed E-state index contributed by atoms with van der Waals surface area (Å²) < 4.78 is 24.4. The number of sulfone groups is 1. The van der Waals surface area contributed by atoms with Crippen LogP contribution in [0.3, 0.4) is 0 Å². The number of anilines is 1. The molecule has 0 aromatic heterocycles. The van der Waals surface area contributed by atoms with E-state index in [4.69, 9.17) is 11.0 Å². The second-order valence-corrected chi connectivity index (χ2v) is 7.17. The van der Waals surface area contributed by atoms with E-state index in [-0.39, 0.29) is 5.75 Å². The second kappa shape index (κ2) is 4.99. The monoisotopic (exact) mass is 266 g/mol. The summed E-state index contributed by atoms with van der Waals surface area (Å²) >= 11 is 0. The summed E-state index contributed by atoms with van der Waals surface area (Å²) in [7, 11) is -3.36. The maximum absolute atomic E-state index is 12.2. The van der Waals surface area contributed by atoms with Crippen LogP contribution in [0, 0.1) is 23.7 Å². The van der Waals surface area contributed by atoms with Crippen LogP contribution >= 0.6 is 0 Å². The molecule has 18 heavy (non-hydrogen) atoms. The van der Waals surface area contributed by atoms with E-state index in [0.717, 1.165) is 0 Å². The Morgan fingerprint density at radius 3 is 2.50 bits per heavy atom. The van der Waals surface area contributed by atoms with Crippen molar-refractivity contribution < 1.29 is 8.42 Å². The third kappa shape index (κ3) is 3.47. The van der Waals surface area contributed by atoms with E-state index in [2.05, 4.69) is 6.07 Å². The zero-order valence-corrected chi connectivity index (χ0v) is 11.7. The van der Waals surface area contributed by atoms with Crippen LogP contribution in [0.5, 0.6) is 0 Å². The molecule has 5 heteroatoms. The van der Waals surface area contributed by atoms with E-state index in [1.807, 2.05) is 0 Å². The molecule has 0 unspecified atom stereocenters. The molecule has 0 aliphatic rings. The molecule has 4 nitrogen and oxygen atoms in total. The van der Waals surface area contributed by atoms with Gasteiger partial charge in [-0.25, -0.2) is 8.42 Å². The molecule has 2 N–H and O–H groups in total. The van der Waals surface area contributed by atoms with Gasteiger partial charge in [-0.1, -0.05) is 0 Å². The topological polar surface area (TPSA) is 84.0 Å². The lowest BCUT2D eigenvalue weighted by Crippen LogP contribution is -2.17. The van der Waals surface area contributed by atoms with Gasteiger partial charge in [0.05, 0.1) is 22.1 Å². The van der Waals surface area contributed by atoms with Gasteiger partial charge >= 0.3 is 0 Å². The van der Waals surface area contributed by atoms with Crippen molar-refractivity contribution in [3.05, 3.63) is 23.8 Å². The minimum absolute atomic E-state index is 0.0294. The highest BCUT2D eigenvalue weighted by molar-refractivity contribution is 7.91. The van der Waals surface area contributed by atoms with Crippen molar-refractivity contribution in [1.82, 2.24) is 0 Å². The van der Waals surface area contributed by atoms with Gasteiger partial charge in [-0.05, 0) is 51.0 Å². The Labute approximate surface area is 108 Å². The van der Waals surface area contributed by atoms with Crippen molar-refractivity contribution in [2.75, 3.05) is 11.5 Å². The normalized spacial score (nSPS) is 12.1. The number of hydrogen-bond donors (Lipinski definition) is 1. The van der Waals surface area contributed by atoms with E-state index in [1.54, 1.807) is 32.9 Å². The Morgan fingerprint density at radius 1 is 1.39 bits per heavy atom. The molecule has 0 amide bonds. The molecule has 0 aliphatic carbocycles. The van der Waals surface area contributed by atoms with Crippen molar-refractivity contribution >= 4 is 15.5 Å². The predicted molar refractivity (Wildman–Crippen MR) is 71.7 cm³/mol. The van der Waals surface area contributed by atoms with Gasteiger partial charge in [0.15, 0.2) is 9.84 Å². The number of nitrogen functional groups attached to an aromatic ring is 1. The molecule has 0 bridgehead atoms. The Kier molecular flexibility index (Phi) is 4.02. The molecule has 0 saturated heterocycles. The van der Waals surface area contributed by atoms with Gasteiger partial charge in [0.2, 0.25) is 0 Å². The summed E-state index contributed by atoms with van der Waals surface area (Å²) in [6, 6.07) is 6.85. The van der Waals surface area contributed by atoms with E-state index >= 15 is 0 Å². The minimum Gasteiger partial charge on any atom is -0.399 e. The first-order chi connectivity index (χ1) is 8.18. The largest absolute Gasteiger partial charge is 0.399 e. The van der Waals surface area contributed by atoms with Crippen molar-refractivity contribution in [2.24, 2.45) is 5.41 Å². The van der Waals surface area contributed by atoms with Crippen LogP contribution in [0.2, 0.25) is 0 Å². The average Bonchev–Trinajstić information content (AvgIpc) is 2.26. The highest BCUT2D eigenvalue weighted by atomic mass is 32.2. The summed E-state index contributed by atoms with van der Waals surface area (Å²) in [5.41, 5.74) is 6.16. The zero-order valence-electron chi connectivity index (χ0n) is 10.9. The highest BCUT2D eigenvalue weighted by Crippen LogP contribution is 2.24. The molecular formula is C13H18N2O2S. The second-order valence-electron chi connectivity index (χ2n) is 5.09. The Hall–Kier alpha value is -1.54. The zero-order chi connectivity index (χ0) is 14.0. The predicted octanol–water partition coefficient (Wildman–Crippen LogP) is 2.29. The fourth-order valence-corrected chi connectivity index (χ4v) is 3.40. The number of nitriles is 1. The van der Waals surface area contributed by atoms with Gasteiger partial charge in [-0.3, -0.25) is 0 Å². The fraction of sp³-hybridized carbons (Fsp3) is 0.462. The molecule has 0 fully saturated rings. The van der Waals surface area contributed by atoms with Crippen LogP contribution in [0.1, 0.15) is 25.8 Å². The van der Waals surface area contributed by atoms with Gasteiger partial charge in [0.25, 0.3) is 0 Å². The SMILES string of the molecule is Cc1cc(N)ccc1S(=O)(=O)CCC(C)(C)C#N. The lowest BCUT2D eigenvalue weighted by Gasteiger charge is -2.15. The van der Waals surface area contributed by atoms with Crippen LogP contribution in [0.4, 0.5) is 5.69 Å². The lowest BCUT2D eigenvalue weighted by molar-refractivity contribution is 0.473. The summed E-state index contributed by atoms with van der Waals surface area (Å²) in [6.45, 7) is 5.19. The van der Waals surface area contributed by atoms with Crippen LogP contribution < -0.4 is 5.73 Å². The van der Waals surface area contributed by atoms with Crippen LogP contribution in [0.25, 0.3) is 0 Å². The third-order valence-corrected chi connectivity index (χ3v) is 4.70. The average molecular weight is 266 g/mol. The first kappa shape index (κ1) is 14.5. The highest BCUT2D eigenvalue weighted by Gasteiger charge is 2.23. The van der Waals surface area contributed by atoms with Gasteiger partial charge in [0.1, 0.15) is 0 Å². The van der Waals surface area contributed by atoms with Crippen LogP contribution in [-0.4, -0.2) is 14.2 Å². The van der Waals surface area contributed by atoms with Crippen molar-refractivity contribution in [3.8, 4) is 6.07 Å². The smallest absolute Gasteiger partial charge is 0.178 e. The number of aryl methyl sites for hydroxylation is 1. The molecule has 98 valence electrons. The molecule has 1 aromatic carbocycles. The third-order valence-electron chi connectivity index (χ3n) is 2.83. The van der Waals surface area contributed by atoms with E-state index in [0.29, 0.717) is 22.6 Å².